The van der Waals surface area contributed by atoms with E-state index >= 15 is 0 Å². The predicted octanol–water partition coefficient (Wildman–Crippen LogP) is 3.11. The smallest absolute Gasteiger partial charge is 0.0774 e. The summed E-state index contributed by atoms with van der Waals surface area (Å²) < 4.78 is 0. The summed E-state index contributed by atoms with van der Waals surface area (Å²) in [5.41, 5.74) is 2.36. The molecule has 11 atom stereocenters. The topological polar surface area (TPSA) is 162 Å². The molecule has 0 spiro atoms. The third-order valence-corrected chi connectivity index (χ3v) is 9.28. The van der Waals surface area contributed by atoms with Crippen molar-refractivity contribution in [3.05, 3.63) is 109 Å². The van der Waals surface area contributed by atoms with Crippen molar-refractivity contribution >= 4 is 0 Å². The average Bonchev–Trinajstić information content (AvgIpc) is 3.48. The first-order valence-electron chi connectivity index (χ1n) is 16.6. The largest absolute Gasteiger partial charge is 0.394 e. The lowest BCUT2D eigenvalue weighted by Crippen LogP contribution is -2.27. The van der Waals surface area contributed by atoms with Crippen LogP contribution in [0.1, 0.15) is 49.7 Å². The van der Waals surface area contributed by atoms with Gasteiger partial charge in [0.15, 0.2) is 0 Å². The van der Waals surface area contributed by atoms with E-state index in [2.05, 4.69) is 6.58 Å². The fourth-order valence-corrected chi connectivity index (χ4v) is 6.62. The minimum Gasteiger partial charge on any atom is -0.394 e. The predicted molar refractivity (Wildman–Crippen MR) is 180 cm³/mol. The molecule has 8 nitrogen and oxygen atoms in total. The summed E-state index contributed by atoms with van der Waals surface area (Å²) in [6.45, 7) is 3.34. The monoisotopic (exact) mass is 638 g/mol. The van der Waals surface area contributed by atoms with Crippen molar-refractivity contribution in [1.82, 2.24) is 0 Å². The molecule has 2 saturated carbocycles. The molecule has 2 fully saturated rings. The first kappa shape index (κ1) is 37.8. The standard InChI is InChI=1S/C19H28O5.C19H26O3/c20-12-15(22)10-17-16(18(23)11-19(17)24)9-8-14(21)7-6-13-4-2-1-3-5-13;1-2-6-16-17(19(22)13-18(16)21)12-11-15(20)10-9-14-7-4-3-5-8-14/h1-5,8-9,14-24H,6-7,10-12H2;2-5,7-8,11-12,15-22H,1,6,9-10,13H2/b9-8+;12-11+/t14-,15?,16+,17+,18+,19-;15-,16+,17+,18-,19+/m00/s1. The third-order valence-electron chi connectivity index (χ3n) is 9.28. The fraction of sp³-hybridized carbons (Fsp3) is 0.526. The van der Waals surface area contributed by atoms with Crippen LogP contribution in [0, 0.1) is 23.7 Å². The number of hydrogen-bond donors (Lipinski definition) is 8. The van der Waals surface area contributed by atoms with Gasteiger partial charge in [0.1, 0.15) is 0 Å². The lowest BCUT2D eigenvalue weighted by Gasteiger charge is -2.23. The Balaban J connectivity index is 0.000000251. The van der Waals surface area contributed by atoms with Crippen LogP contribution in [0.3, 0.4) is 0 Å². The van der Waals surface area contributed by atoms with Gasteiger partial charge in [-0.15, -0.1) is 6.58 Å². The van der Waals surface area contributed by atoms with Crippen LogP contribution in [0.4, 0.5) is 0 Å². The van der Waals surface area contributed by atoms with Crippen molar-refractivity contribution in [2.45, 2.75) is 94.1 Å². The average molecular weight is 639 g/mol. The van der Waals surface area contributed by atoms with Crippen molar-refractivity contribution in [2.75, 3.05) is 6.61 Å². The van der Waals surface area contributed by atoms with Crippen LogP contribution in [0.5, 0.6) is 0 Å². The minimum atomic E-state index is -0.908. The molecule has 0 radical (unpaired) electrons. The second-order valence-corrected chi connectivity index (χ2v) is 12.8. The molecule has 2 aliphatic rings. The van der Waals surface area contributed by atoms with Crippen molar-refractivity contribution in [3.8, 4) is 0 Å². The third kappa shape index (κ3) is 12.2. The second kappa shape index (κ2) is 19.9. The Morgan fingerprint density at radius 3 is 1.52 bits per heavy atom. The maximum Gasteiger partial charge on any atom is 0.0774 e. The highest BCUT2D eigenvalue weighted by Crippen LogP contribution is 2.37. The Hall–Kier alpha value is -2.66. The van der Waals surface area contributed by atoms with Crippen LogP contribution < -0.4 is 0 Å². The molecule has 8 heteroatoms. The zero-order valence-corrected chi connectivity index (χ0v) is 26.7. The van der Waals surface area contributed by atoms with Gasteiger partial charge in [-0.3, -0.25) is 0 Å². The molecule has 254 valence electrons. The van der Waals surface area contributed by atoms with E-state index in [4.69, 9.17) is 5.11 Å². The Morgan fingerprint density at radius 1 is 0.652 bits per heavy atom. The van der Waals surface area contributed by atoms with E-state index in [1.54, 1.807) is 24.3 Å². The molecule has 8 N–H and O–H groups in total. The Bertz CT molecular complexity index is 1170. The maximum absolute atomic E-state index is 10.1. The Morgan fingerprint density at radius 2 is 1.09 bits per heavy atom. The molecule has 2 aromatic carbocycles. The fourth-order valence-electron chi connectivity index (χ4n) is 6.62. The maximum atomic E-state index is 10.1. The number of aryl methyl sites for hydroxylation is 2. The van der Waals surface area contributed by atoms with E-state index in [0.717, 1.165) is 18.4 Å². The summed E-state index contributed by atoms with van der Waals surface area (Å²) in [4.78, 5) is 0. The zero-order chi connectivity index (χ0) is 33.5. The number of aliphatic hydroxyl groups excluding tert-OH is 8. The first-order valence-corrected chi connectivity index (χ1v) is 16.6. The summed E-state index contributed by atoms with van der Waals surface area (Å²) in [7, 11) is 0. The molecule has 46 heavy (non-hydrogen) atoms. The summed E-state index contributed by atoms with van der Waals surface area (Å²) in [5, 5.41) is 79.0. The highest BCUT2D eigenvalue weighted by molar-refractivity contribution is 5.16. The molecular formula is C38H54O8. The minimum absolute atomic E-state index is 0.00919. The molecule has 0 aromatic heterocycles. The van der Waals surface area contributed by atoms with Gasteiger partial charge in [0, 0.05) is 24.7 Å². The molecule has 0 bridgehead atoms. The summed E-state index contributed by atoms with van der Waals surface area (Å²) in [6, 6.07) is 20.0. The Kier molecular flexibility index (Phi) is 16.3. The molecule has 0 amide bonds. The Labute approximate surface area is 273 Å². The molecule has 2 aromatic rings. The van der Waals surface area contributed by atoms with E-state index in [1.807, 2.05) is 66.7 Å². The highest BCUT2D eigenvalue weighted by atomic mass is 16.3. The lowest BCUT2D eigenvalue weighted by molar-refractivity contribution is 0.0384. The molecular weight excluding hydrogens is 584 g/mol. The number of aliphatic hydroxyl groups is 8. The van der Waals surface area contributed by atoms with Gasteiger partial charge < -0.3 is 40.9 Å². The van der Waals surface area contributed by atoms with Crippen molar-refractivity contribution in [1.29, 1.82) is 0 Å². The zero-order valence-electron chi connectivity index (χ0n) is 26.7. The molecule has 0 aliphatic heterocycles. The highest BCUT2D eigenvalue weighted by Gasteiger charge is 2.41. The number of rotatable bonds is 15. The van der Waals surface area contributed by atoms with Gasteiger partial charge >= 0.3 is 0 Å². The van der Waals surface area contributed by atoms with Crippen LogP contribution >= 0.6 is 0 Å². The number of benzene rings is 2. The van der Waals surface area contributed by atoms with E-state index in [9.17, 15) is 35.7 Å². The molecule has 2 aliphatic carbocycles. The van der Waals surface area contributed by atoms with Gasteiger partial charge in [0.2, 0.25) is 0 Å². The number of allylic oxidation sites excluding steroid dienone is 1. The number of hydrogen-bond acceptors (Lipinski definition) is 8. The van der Waals surface area contributed by atoms with Crippen LogP contribution in [-0.4, -0.2) is 90.2 Å². The molecule has 0 saturated heterocycles. The van der Waals surface area contributed by atoms with E-state index < -0.39 is 42.7 Å². The first-order chi connectivity index (χ1) is 22.1. The van der Waals surface area contributed by atoms with Crippen LogP contribution in [0.2, 0.25) is 0 Å². The van der Waals surface area contributed by atoms with Gasteiger partial charge in [-0.05, 0) is 61.5 Å². The van der Waals surface area contributed by atoms with E-state index in [0.29, 0.717) is 25.7 Å². The summed E-state index contributed by atoms with van der Waals surface area (Å²) in [6.07, 6.45) is 8.63. The van der Waals surface area contributed by atoms with Gasteiger partial charge in [0.05, 0.1) is 49.3 Å². The quantitative estimate of drug-likeness (QED) is 0.138. The van der Waals surface area contributed by atoms with Gasteiger partial charge in [-0.1, -0.05) is 91.0 Å². The van der Waals surface area contributed by atoms with Crippen LogP contribution in [-0.2, 0) is 12.8 Å². The van der Waals surface area contributed by atoms with E-state index in [1.165, 1.54) is 5.56 Å². The summed E-state index contributed by atoms with van der Waals surface area (Å²) in [5.74, 6) is -0.767. The van der Waals surface area contributed by atoms with Crippen molar-refractivity contribution in [3.63, 3.8) is 0 Å². The SMILES string of the molecule is C=CC[C@@H]1[C@@H](/C=C/[C@@H](O)CCc2ccccc2)[C@H](O)C[C@@H]1O.OCC(O)C[C@@H]1[C@@H](/C=C/[C@@H](O)CCc2ccccc2)[C@H](O)C[C@@H]1O. The lowest BCUT2D eigenvalue weighted by atomic mass is 9.88. The van der Waals surface area contributed by atoms with Crippen LogP contribution in [0.15, 0.2) is 97.6 Å². The summed E-state index contributed by atoms with van der Waals surface area (Å²) >= 11 is 0. The van der Waals surface area contributed by atoms with Crippen molar-refractivity contribution in [2.24, 2.45) is 23.7 Å². The van der Waals surface area contributed by atoms with Crippen molar-refractivity contribution < 1.29 is 40.9 Å². The normalized spacial score (nSPS) is 29.8. The van der Waals surface area contributed by atoms with Gasteiger partial charge in [-0.2, -0.15) is 0 Å². The molecule has 0 heterocycles. The second-order valence-electron chi connectivity index (χ2n) is 12.8. The molecule has 1 unspecified atom stereocenters. The van der Waals surface area contributed by atoms with E-state index in [-0.39, 0.29) is 43.1 Å². The van der Waals surface area contributed by atoms with Crippen LogP contribution in [0.25, 0.3) is 0 Å². The molecule has 4 rings (SSSR count). The van der Waals surface area contributed by atoms with Gasteiger partial charge in [0.25, 0.3) is 0 Å². The van der Waals surface area contributed by atoms with Gasteiger partial charge in [-0.25, -0.2) is 0 Å².